The van der Waals surface area contributed by atoms with E-state index in [0.717, 1.165) is 43.7 Å². The van der Waals surface area contributed by atoms with Crippen LogP contribution in [-0.2, 0) is 6.54 Å². The predicted molar refractivity (Wildman–Crippen MR) is 101 cm³/mol. The highest BCUT2D eigenvalue weighted by Gasteiger charge is 2.26. The topological polar surface area (TPSA) is 29.0 Å². The van der Waals surface area contributed by atoms with Gasteiger partial charge >= 0.3 is 0 Å². The van der Waals surface area contributed by atoms with Crippen LogP contribution in [0.4, 0.5) is 8.78 Å². The summed E-state index contributed by atoms with van der Waals surface area (Å²) in [4.78, 5) is 11.4. The smallest absolute Gasteiger partial charge is 0.132 e. The molecule has 1 atom stereocenters. The normalized spacial score (nSPS) is 17.8. The summed E-state index contributed by atoms with van der Waals surface area (Å²) in [6.45, 7) is 2.59. The van der Waals surface area contributed by atoms with Crippen LogP contribution in [0.3, 0.4) is 0 Å². The fourth-order valence-corrected chi connectivity index (χ4v) is 3.78. The van der Waals surface area contributed by atoms with Crippen LogP contribution >= 0.6 is 0 Å². The molecule has 0 N–H and O–H groups in total. The average molecular weight is 365 g/mol. The molecule has 1 fully saturated rings. The first-order valence-corrected chi connectivity index (χ1v) is 9.23. The average Bonchev–Trinajstić information content (AvgIpc) is 2.70. The van der Waals surface area contributed by atoms with E-state index in [0.29, 0.717) is 11.3 Å². The van der Waals surface area contributed by atoms with Crippen LogP contribution in [0.2, 0.25) is 0 Å². The molecule has 1 saturated heterocycles. The van der Waals surface area contributed by atoms with Gasteiger partial charge in [0.05, 0.1) is 11.4 Å². The third-order valence-corrected chi connectivity index (χ3v) is 5.07. The minimum atomic E-state index is -0.279. The second-order valence-corrected chi connectivity index (χ2v) is 6.97. The largest absolute Gasteiger partial charge is 0.298 e. The van der Waals surface area contributed by atoms with E-state index in [4.69, 9.17) is 0 Å². The van der Waals surface area contributed by atoms with E-state index in [9.17, 15) is 8.78 Å². The molecule has 138 valence electrons. The Labute approximate surface area is 157 Å². The first-order chi connectivity index (χ1) is 13.2. The molecule has 0 radical (unpaired) electrons. The maximum atomic E-state index is 14.3. The molecule has 5 heteroatoms. The molecule has 1 aliphatic heterocycles. The molecule has 2 aromatic carbocycles. The van der Waals surface area contributed by atoms with Gasteiger partial charge in [-0.3, -0.25) is 14.9 Å². The lowest BCUT2D eigenvalue weighted by Gasteiger charge is -2.33. The monoisotopic (exact) mass is 365 g/mol. The molecule has 0 spiro atoms. The quantitative estimate of drug-likeness (QED) is 0.665. The summed E-state index contributed by atoms with van der Waals surface area (Å²) in [6, 6.07) is 13.3. The van der Waals surface area contributed by atoms with Crippen LogP contribution in [0.5, 0.6) is 0 Å². The van der Waals surface area contributed by atoms with Crippen molar-refractivity contribution in [3.63, 3.8) is 0 Å². The van der Waals surface area contributed by atoms with Crippen molar-refractivity contribution in [3.05, 3.63) is 83.8 Å². The lowest BCUT2D eigenvalue weighted by Crippen LogP contribution is -2.34. The zero-order valence-electron chi connectivity index (χ0n) is 15.0. The van der Waals surface area contributed by atoms with Gasteiger partial charge in [0.15, 0.2) is 0 Å². The molecule has 0 saturated carbocycles. The number of hydrogen-bond donors (Lipinski definition) is 0. The van der Waals surface area contributed by atoms with Gasteiger partial charge in [-0.2, -0.15) is 0 Å². The fourth-order valence-electron chi connectivity index (χ4n) is 3.78. The molecular formula is C22H21F2N3. The Hall–Kier alpha value is -2.66. The molecule has 27 heavy (non-hydrogen) atoms. The van der Waals surface area contributed by atoms with Crippen molar-refractivity contribution in [2.24, 2.45) is 0 Å². The van der Waals surface area contributed by atoms with Gasteiger partial charge in [0, 0.05) is 37.0 Å². The van der Waals surface area contributed by atoms with Gasteiger partial charge in [-0.05, 0) is 49.2 Å². The van der Waals surface area contributed by atoms with Gasteiger partial charge in [0.25, 0.3) is 0 Å². The predicted octanol–water partition coefficient (Wildman–Crippen LogP) is 4.80. The number of nitrogens with zero attached hydrogens (tertiary/aromatic N) is 3. The summed E-state index contributed by atoms with van der Waals surface area (Å²) in [5.74, 6) is -0.301. The molecule has 1 aromatic heterocycles. The number of hydrogen-bond acceptors (Lipinski definition) is 3. The maximum Gasteiger partial charge on any atom is 0.132 e. The second-order valence-electron chi connectivity index (χ2n) is 6.97. The Morgan fingerprint density at radius 3 is 2.56 bits per heavy atom. The van der Waals surface area contributed by atoms with Crippen molar-refractivity contribution in [1.29, 1.82) is 0 Å². The van der Waals surface area contributed by atoms with Gasteiger partial charge in [-0.1, -0.05) is 24.3 Å². The number of likely N-dealkylation sites (tertiary alicyclic amines) is 1. The summed E-state index contributed by atoms with van der Waals surface area (Å²) >= 11 is 0. The SMILES string of the molecule is Fc1ccc(CN2CCCC(c3nccnc3-c3ccccc3F)C2)cc1. The molecule has 1 unspecified atom stereocenters. The number of piperidine rings is 1. The molecule has 2 heterocycles. The molecule has 0 aliphatic carbocycles. The van der Waals surface area contributed by atoms with Crippen LogP contribution in [0.25, 0.3) is 11.3 Å². The van der Waals surface area contributed by atoms with E-state index in [1.807, 2.05) is 18.2 Å². The number of benzene rings is 2. The van der Waals surface area contributed by atoms with Gasteiger partial charge in [-0.15, -0.1) is 0 Å². The summed E-state index contributed by atoms with van der Waals surface area (Å²) in [7, 11) is 0. The van der Waals surface area contributed by atoms with Gasteiger partial charge < -0.3 is 0 Å². The van der Waals surface area contributed by atoms with E-state index in [1.165, 1.54) is 18.2 Å². The summed E-state index contributed by atoms with van der Waals surface area (Å²) in [5.41, 5.74) is 3.07. The molecule has 0 bridgehead atoms. The van der Waals surface area contributed by atoms with Crippen LogP contribution in [0.15, 0.2) is 60.9 Å². The van der Waals surface area contributed by atoms with Crippen molar-refractivity contribution in [2.75, 3.05) is 13.1 Å². The minimum Gasteiger partial charge on any atom is -0.298 e. The number of aromatic nitrogens is 2. The van der Waals surface area contributed by atoms with Crippen molar-refractivity contribution in [3.8, 4) is 11.3 Å². The Morgan fingerprint density at radius 2 is 1.74 bits per heavy atom. The number of halogens is 2. The number of rotatable bonds is 4. The second kappa shape index (κ2) is 7.92. The van der Waals surface area contributed by atoms with E-state index in [2.05, 4.69) is 14.9 Å². The minimum absolute atomic E-state index is 0.197. The first kappa shape index (κ1) is 17.7. The summed E-state index contributed by atoms with van der Waals surface area (Å²) < 4.78 is 27.4. The van der Waals surface area contributed by atoms with Crippen molar-refractivity contribution >= 4 is 0 Å². The van der Waals surface area contributed by atoms with E-state index >= 15 is 0 Å². The Kier molecular flexibility index (Phi) is 5.21. The zero-order chi connectivity index (χ0) is 18.6. The summed E-state index contributed by atoms with van der Waals surface area (Å²) in [6.07, 6.45) is 5.34. The molecule has 0 amide bonds. The van der Waals surface area contributed by atoms with Gasteiger partial charge in [0.1, 0.15) is 11.6 Å². The van der Waals surface area contributed by atoms with Gasteiger partial charge in [-0.25, -0.2) is 8.78 Å². The Balaban J connectivity index is 1.57. The third kappa shape index (κ3) is 4.03. The fraction of sp³-hybridized carbons (Fsp3) is 0.273. The molecular weight excluding hydrogens is 344 g/mol. The van der Waals surface area contributed by atoms with Crippen molar-refractivity contribution in [1.82, 2.24) is 14.9 Å². The van der Waals surface area contributed by atoms with E-state index in [-0.39, 0.29) is 17.6 Å². The Morgan fingerprint density at radius 1 is 0.963 bits per heavy atom. The van der Waals surface area contributed by atoms with Gasteiger partial charge in [0.2, 0.25) is 0 Å². The molecule has 3 nitrogen and oxygen atoms in total. The first-order valence-electron chi connectivity index (χ1n) is 9.23. The highest BCUT2D eigenvalue weighted by Crippen LogP contribution is 2.33. The van der Waals surface area contributed by atoms with E-state index in [1.54, 1.807) is 24.5 Å². The summed E-state index contributed by atoms with van der Waals surface area (Å²) in [5, 5.41) is 0. The van der Waals surface area contributed by atoms with E-state index < -0.39 is 0 Å². The van der Waals surface area contributed by atoms with Crippen molar-refractivity contribution in [2.45, 2.75) is 25.3 Å². The lowest BCUT2D eigenvalue weighted by molar-refractivity contribution is 0.198. The Bertz CT molecular complexity index is 911. The van der Waals surface area contributed by atoms with Crippen LogP contribution in [-0.4, -0.2) is 28.0 Å². The standard InChI is InChI=1S/C22H21F2N3/c23-18-9-7-16(8-10-18)14-27-13-3-4-17(15-27)21-22(26-12-11-25-21)19-5-1-2-6-20(19)24/h1-2,5-12,17H,3-4,13-15H2. The maximum absolute atomic E-state index is 14.3. The van der Waals surface area contributed by atoms with Crippen LogP contribution in [0, 0.1) is 11.6 Å². The molecule has 4 rings (SSSR count). The lowest BCUT2D eigenvalue weighted by atomic mass is 9.91. The molecule has 3 aromatic rings. The van der Waals surface area contributed by atoms with Crippen molar-refractivity contribution < 1.29 is 8.78 Å². The third-order valence-electron chi connectivity index (χ3n) is 5.07. The highest BCUT2D eigenvalue weighted by molar-refractivity contribution is 5.62. The van der Waals surface area contributed by atoms with Crippen LogP contribution in [0.1, 0.15) is 30.0 Å². The highest BCUT2D eigenvalue weighted by atomic mass is 19.1. The van der Waals surface area contributed by atoms with Crippen LogP contribution < -0.4 is 0 Å². The molecule has 1 aliphatic rings. The zero-order valence-corrected chi connectivity index (χ0v) is 15.0.